The highest BCUT2D eigenvalue weighted by molar-refractivity contribution is 6.31. The molecular formula is C18H14ClF3O3. The third-order valence-corrected chi connectivity index (χ3v) is 3.57. The number of alkyl halides is 3. The van der Waals surface area contributed by atoms with E-state index >= 15 is 0 Å². The molecule has 0 amide bonds. The van der Waals surface area contributed by atoms with Crippen LogP contribution in [0.25, 0.3) is 5.57 Å². The molecular weight excluding hydrogens is 357 g/mol. The normalized spacial score (nSPS) is 21.4. The first-order valence-electron chi connectivity index (χ1n) is 7.16. The van der Waals surface area contributed by atoms with Gasteiger partial charge in [-0.15, -0.1) is 0 Å². The van der Waals surface area contributed by atoms with Crippen molar-refractivity contribution in [3.8, 4) is 0 Å². The molecule has 1 N–H and O–H groups in total. The van der Waals surface area contributed by atoms with Crippen molar-refractivity contribution in [2.45, 2.75) is 19.2 Å². The fourth-order valence-electron chi connectivity index (χ4n) is 2.54. The van der Waals surface area contributed by atoms with Crippen molar-refractivity contribution >= 4 is 23.1 Å². The van der Waals surface area contributed by atoms with Gasteiger partial charge in [0, 0.05) is 16.2 Å². The number of carboxylic acid groups (broad SMARTS) is 1. The number of hydrogen-bond donors (Lipinski definition) is 1. The molecule has 1 unspecified atom stereocenters. The second-order valence-corrected chi connectivity index (χ2v) is 5.64. The van der Waals surface area contributed by atoms with Gasteiger partial charge in [0.05, 0.1) is 5.57 Å². The van der Waals surface area contributed by atoms with Crippen LogP contribution in [-0.4, -0.2) is 23.4 Å². The molecule has 1 aliphatic heterocycles. The van der Waals surface area contributed by atoms with Crippen LogP contribution in [0.2, 0.25) is 0 Å². The van der Waals surface area contributed by atoms with Crippen LogP contribution < -0.4 is 0 Å². The summed E-state index contributed by atoms with van der Waals surface area (Å²) in [6.07, 6.45) is -4.88. The number of halogens is 4. The molecule has 2 rings (SSSR count). The summed E-state index contributed by atoms with van der Waals surface area (Å²) in [5, 5.41) is 9.50. The second kappa shape index (κ2) is 7.19. The highest BCUT2D eigenvalue weighted by Gasteiger charge is 2.51. The van der Waals surface area contributed by atoms with Gasteiger partial charge in [0.1, 0.15) is 5.76 Å². The predicted octanol–water partition coefficient (Wildman–Crippen LogP) is 5.07. The van der Waals surface area contributed by atoms with Gasteiger partial charge in [0.25, 0.3) is 0 Å². The Morgan fingerprint density at radius 1 is 1.32 bits per heavy atom. The lowest BCUT2D eigenvalue weighted by Crippen LogP contribution is -2.39. The van der Waals surface area contributed by atoms with E-state index in [1.807, 2.05) is 0 Å². The third kappa shape index (κ3) is 3.96. The smallest absolute Gasteiger partial charge is 0.430 e. The zero-order valence-electron chi connectivity index (χ0n) is 13.1. The van der Waals surface area contributed by atoms with Crippen LogP contribution in [0, 0.1) is 0 Å². The van der Waals surface area contributed by atoms with Crippen LogP contribution in [-0.2, 0) is 9.53 Å². The first kappa shape index (κ1) is 18.9. The lowest BCUT2D eigenvalue weighted by atomic mass is 9.86. The largest absolute Gasteiger partial charge is 0.478 e. The summed E-state index contributed by atoms with van der Waals surface area (Å²) in [4.78, 5) is 11.7. The summed E-state index contributed by atoms with van der Waals surface area (Å²) < 4.78 is 45.3. The third-order valence-electron chi connectivity index (χ3n) is 3.46. The Labute approximate surface area is 147 Å². The van der Waals surface area contributed by atoms with Crippen molar-refractivity contribution in [2.75, 3.05) is 0 Å². The molecule has 1 aromatic carbocycles. The molecule has 1 aromatic rings. The molecule has 0 spiro atoms. The summed E-state index contributed by atoms with van der Waals surface area (Å²) in [5.74, 6) is -1.84. The zero-order chi connectivity index (χ0) is 18.8. The van der Waals surface area contributed by atoms with Crippen molar-refractivity contribution in [2.24, 2.45) is 0 Å². The maximum absolute atomic E-state index is 13.4. The topological polar surface area (TPSA) is 46.5 Å². The Hall–Kier alpha value is -2.47. The Morgan fingerprint density at radius 2 is 1.92 bits per heavy atom. The average molecular weight is 371 g/mol. The number of allylic oxidation sites excluding steroid dienone is 4. The molecule has 0 aromatic heterocycles. The molecule has 3 nitrogen and oxygen atoms in total. The second-order valence-electron chi connectivity index (χ2n) is 5.16. The minimum Gasteiger partial charge on any atom is -0.478 e. The van der Waals surface area contributed by atoms with Crippen molar-refractivity contribution in [3.05, 3.63) is 76.6 Å². The maximum Gasteiger partial charge on any atom is 0.430 e. The highest BCUT2D eigenvalue weighted by Crippen LogP contribution is 2.44. The van der Waals surface area contributed by atoms with Gasteiger partial charge in [-0.3, -0.25) is 0 Å². The van der Waals surface area contributed by atoms with Crippen LogP contribution in [0.4, 0.5) is 13.2 Å². The fourth-order valence-corrected chi connectivity index (χ4v) is 2.65. The number of ether oxygens (including phenoxy) is 1. The van der Waals surface area contributed by atoms with Gasteiger partial charge in [-0.25, -0.2) is 4.79 Å². The van der Waals surface area contributed by atoms with Crippen LogP contribution in [0.3, 0.4) is 0 Å². The van der Waals surface area contributed by atoms with E-state index in [1.165, 1.54) is 31.2 Å². The molecule has 0 saturated heterocycles. The van der Waals surface area contributed by atoms with Gasteiger partial charge < -0.3 is 9.84 Å². The van der Waals surface area contributed by atoms with Crippen LogP contribution in [0.15, 0.2) is 71.0 Å². The van der Waals surface area contributed by atoms with Crippen LogP contribution in [0.5, 0.6) is 0 Å². The summed E-state index contributed by atoms with van der Waals surface area (Å²) in [7, 11) is 0. The van der Waals surface area contributed by atoms with Gasteiger partial charge in [0.15, 0.2) is 0 Å². The molecule has 0 bridgehead atoms. The van der Waals surface area contributed by atoms with E-state index in [2.05, 4.69) is 6.58 Å². The van der Waals surface area contributed by atoms with Gasteiger partial charge in [-0.05, 0) is 24.6 Å². The predicted molar refractivity (Wildman–Crippen MR) is 88.8 cm³/mol. The fraction of sp³-hybridized carbons (Fsp3) is 0.167. The van der Waals surface area contributed by atoms with Crippen molar-refractivity contribution in [1.29, 1.82) is 0 Å². The number of hydrogen-bond acceptors (Lipinski definition) is 2. The van der Waals surface area contributed by atoms with Crippen LogP contribution >= 0.6 is 11.6 Å². The number of carbonyl (C=O) groups is 1. The van der Waals surface area contributed by atoms with E-state index in [1.54, 1.807) is 18.2 Å². The van der Waals surface area contributed by atoms with Crippen molar-refractivity contribution in [1.82, 2.24) is 0 Å². The lowest BCUT2D eigenvalue weighted by molar-refractivity contribution is -0.199. The van der Waals surface area contributed by atoms with Crippen molar-refractivity contribution < 1.29 is 27.8 Å². The molecule has 0 radical (unpaired) electrons. The van der Waals surface area contributed by atoms with Gasteiger partial charge in [0.2, 0.25) is 6.10 Å². The van der Waals surface area contributed by atoms with E-state index < -0.39 is 23.8 Å². The Morgan fingerprint density at radius 3 is 2.36 bits per heavy atom. The van der Waals surface area contributed by atoms with E-state index in [4.69, 9.17) is 16.3 Å². The molecule has 1 atom stereocenters. The van der Waals surface area contributed by atoms with Crippen molar-refractivity contribution in [3.63, 3.8) is 0 Å². The first-order valence-corrected chi connectivity index (χ1v) is 7.54. The van der Waals surface area contributed by atoms with E-state index in [0.717, 1.165) is 0 Å². The average Bonchev–Trinajstić information content (AvgIpc) is 2.53. The number of rotatable bonds is 3. The quantitative estimate of drug-likeness (QED) is 0.808. The van der Waals surface area contributed by atoms with Gasteiger partial charge >= 0.3 is 12.1 Å². The molecule has 1 aliphatic rings. The molecule has 0 aliphatic carbocycles. The van der Waals surface area contributed by atoms with E-state index in [9.17, 15) is 23.1 Å². The van der Waals surface area contributed by atoms with E-state index in [0.29, 0.717) is 5.56 Å². The minimum atomic E-state index is -4.90. The number of aliphatic carboxylic acids is 1. The summed E-state index contributed by atoms with van der Waals surface area (Å²) in [5.41, 5.74) is -0.558. The maximum atomic E-state index is 13.4. The van der Waals surface area contributed by atoms with Gasteiger partial charge in [-0.2, -0.15) is 13.2 Å². The highest BCUT2D eigenvalue weighted by atomic mass is 35.5. The Kier molecular flexibility index (Phi) is 5.42. The molecule has 25 heavy (non-hydrogen) atoms. The number of benzene rings is 1. The van der Waals surface area contributed by atoms with Gasteiger partial charge in [-0.1, -0.05) is 48.5 Å². The lowest BCUT2D eigenvalue weighted by Gasteiger charge is -2.32. The number of carboxylic acids is 1. The first-order chi connectivity index (χ1) is 11.7. The summed E-state index contributed by atoms with van der Waals surface area (Å²) >= 11 is 5.79. The monoisotopic (exact) mass is 370 g/mol. The zero-order valence-corrected chi connectivity index (χ0v) is 13.9. The Balaban J connectivity index is 2.91. The molecule has 0 fully saturated rings. The molecule has 7 heteroatoms. The molecule has 1 heterocycles. The summed E-state index contributed by atoms with van der Waals surface area (Å²) in [6, 6.07) is 7.92. The standard InChI is InChI=1S/C18H14ClF3O3/c1-3-13-12(9-10(2)19)14(11-7-5-4-6-8-11)15(17(23)24)16(25-13)18(20,21)22/h3-9,16H,2H2,1H3,(H,23,24)/b12-9+,13-3+. The molecule has 0 saturated carbocycles. The van der Waals surface area contributed by atoms with E-state index in [-0.39, 0.29) is 21.9 Å². The summed E-state index contributed by atoms with van der Waals surface area (Å²) in [6.45, 7) is 4.99. The SMILES string of the molecule is C=C(Cl)/C=C1/C(c2ccccc2)=C(C(=O)O)C(C(F)(F)F)O/C1=C/C. The van der Waals surface area contributed by atoms with Crippen LogP contribution in [0.1, 0.15) is 12.5 Å². The Bertz CT molecular complexity index is 790. The molecule has 132 valence electrons. The minimum absolute atomic E-state index is 0.0292.